The molecule has 2 aromatic carbocycles. The lowest BCUT2D eigenvalue weighted by Gasteiger charge is -2.11. The van der Waals surface area contributed by atoms with E-state index in [0.29, 0.717) is 17.2 Å². The van der Waals surface area contributed by atoms with Crippen LogP contribution in [0.2, 0.25) is 0 Å². The first-order chi connectivity index (χ1) is 13.6. The fourth-order valence-corrected chi connectivity index (χ4v) is 3.45. The molecule has 8 heteroatoms. The summed E-state index contributed by atoms with van der Waals surface area (Å²) in [7, 11) is 6.46. The van der Waals surface area contributed by atoms with E-state index in [1.807, 2.05) is 23.6 Å². The zero-order valence-corrected chi connectivity index (χ0v) is 16.9. The highest BCUT2D eigenvalue weighted by molar-refractivity contribution is 7.07. The molecule has 0 unspecified atom stereocenters. The number of ether oxygens (including phenoxy) is 3. The Morgan fingerprint density at radius 2 is 1.79 bits per heavy atom. The minimum atomic E-state index is 0.0794. The molecule has 1 aromatic heterocycles. The number of rotatable bonds is 6. The molecule has 1 heterocycles. The largest absolute Gasteiger partial charge is 0.504 e. The van der Waals surface area contributed by atoms with Gasteiger partial charge in [-0.25, -0.2) is 4.68 Å². The molecule has 0 radical (unpaired) electrons. The summed E-state index contributed by atoms with van der Waals surface area (Å²) < 4.78 is 17.7. The second kappa shape index (κ2) is 8.62. The van der Waals surface area contributed by atoms with Gasteiger partial charge in [0.1, 0.15) is 11.5 Å². The number of methoxy groups -OCH3 is 3. The van der Waals surface area contributed by atoms with Crippen molar-refractivity contribution >= 4 is 17.6 Å². The van der Waals surface area contributed by atoms with Crippen molar-refractivity contribution in [1.82, 2.24) is 4.68 Å². The van der Waals surface area contributed by atoms with Crippen LogP contribution in [0.25, 0.3) is 11.3 Å². The van der Waals surface area contributed by atoms with Crippen molar-refractivity contribution in [3.8, 4) is 34.3 Å². The van der Waals surface area contributed by atoms with Crippen molar-refractivity contribution in [3.05, 3.63) is 52.1 Å². The van der Waals surface area contributed by atoms with Crippen LogP contribution in [0.15, 0.2) is 51.9 Å². The van der Waals surface area contributed by atoms with E-state index in [4.69, 9.17) is 14.2 Å². The third-order valence-electron chi connectivity index (χ3n) is 4.09. The van der Waals surface area contributed by atoms with E-state index in [0.717, 1.165) is 21.6 Å². The molecule has 0 fully saturated rings. The van der Waals surface area contributed by atoms with Gasteiger partial charge in [0.05, 0.1) is 33.2 Å². The molecule has 0 bridgehead atoms. The van der Waals surface area contributed by atoms with Crippen molar-refractivity contribution in [2.45, 2.75) is 0 Å². The summed E-state index contributed by atoms with van der Waals surface area (Å²) in [5, 5.41) is 16.3. The number of aromatic nitrogens is 1. The molecule has 7 nitrogen and oxygen atoms in total. The average molecular weight is 399 g/mol. The van der Waals surface area contributed by atoms with E-state index < -0.39 is 0 Å². The lowest BCUT2D eigenvalue weighted by Crippen LogP contribution is -2.11. The Labute approximate surface area is 166 Å². The predicted octanol–water partition coefficient (Wildman–Crippen LogP) is 3.36. The summed E-state index contributed by atoms with van der Waals surface area (Å²) in [6.07, 6.45) is 1.68. The fourth-order valence-electron chi connectivity index (χ4n) is 2.66. The lowest BCUT2D eigenvalue weighted by atomic mass is 10.1. The number of thiazole rings is 1. The Morgan fingerprint density at radius 3 is 2.46 bits per heavy atom. The van der Waals surface area contributed by atoms with Crippen LogP contribution in [0, 0.1) is 0 Å². The molecule has 1 N–H and O–H groups in total. The van der Waals surface area contributed by atoms with Crippen molar-refractivity contribution < 1.29 is 19.3 Å². The standard InChI is InChI=1S/C20H21N3O4S/c1-21-20-23(22-11-13-5-8-17(24)19(9-13)27-4)16(12-28-20)15-7-6-14(25-2)10-18(15)26-3/h5-12,24H,1-4H3. The molecule has 28 heavy (non-hydrogen) atoms. The zero-order chi connectivity index (χ0) is 20.1. The number of benzene rings is 2. The van der Waals surface area contributed by atoms with E-state index in [2.05, 4.69) is 10.1 Å². The molecule has 146 valence electrons. The molecular formula is C20H21N3O4S. The molecule has 0 spiro atoms. The van der Waals surface area contributed by atoms with Gasteiger partial charge in [-0.2, -0.15) is 5.10 Å². The summed E-state index contributed by atoms with van der Waals surface area (Å²) in [5.74, 6) is 1.85. The SMILES string of the molecule is CN=c1scc(-c2ccc(OC)cc2OC)n1N=Cc1ccc(O)c(OC)c1. The summed E-state index contributed by atoms with van der Waals surface area (Å²) in [4.78, 5) is 5.03. The average Bonchev–Trinajstić information content (AvgIpc) is 3.15. The number of phenols is 1. The second-order valence-corrected chi connectivity index (χ2v) is 6.52. The van der Waals surface area contributed by atoms with Crippen molar-refractivity contribution in [3.63, 3.8) is 0 Å². The molecule has 0 saturated carbocycles. The van der Waals surface area contributed by atoms with E-state index in [1.54, 1.807) is 50.4 Å². The van der Waals surface area contributed by atoms with Gasteiger partial charge in [0.2, 0.25) is 4.80 Å². The van der Waals surface area contributed by atoms with E-state index in [1.165, 1.54) is 18.4 Å². The maximum Gasteiger partial charge on any atom is 0.205 e. The van der Waals surface area contributed by atoms with Crippen LogP contribution in [-0.4, -0.2) is 44.4 Å². The third kappa shape index (κ3) is 3.86. The fraction of sp³-hybridized carbons (Fsp3) is 0.200. The molecule has 0 aliphatic rings. The first kappa shape index (κ1) is 19.5. The van der Waals surface area contributed by atoms with Crippen molar-refractivity contribution in [1.29, 1.82) is 0 Å². The Bertz CT molecular complexity index is 1070. The van der Waals surface area contributed by atoms with Crippen LogP contribution in [0.1, 0.15) is 5.56 Å². The second-order valence-electron chi connectivity index (χ2n) is 5.68. The van der Waals surface area contributed by atoms with Gasteiger partial charge in [-0.3, -0.25) is 4.99 Å². The van der Waals surface area contributed by atoms with E-state index >= 15 is 0 Å². The van der Waals surface area contributed by atoms with Gasteiger partial charge in [-0.05, 0) is 35.9 Å². The van der Waals surface area contributed by atoms with Gasteiger partial charge < -0.3 is 19.3 Å². The summed E-state index contributed by atoms with van der Waals surface area (Å²) in [5.41, 5.74) is 2.49. The van der Waals surface area contributed by atoms with Crippen LogP contribution >= 0.6 is 11.3 Å². The molecule has 0 amide bonds. The highest BCUT2D eigenvalue weighted by Crippen LogP contribution is 2.33. The normalized spacial score (nSPS) is 11.8. The number of phenolic OH excluding ortho intramolecular Hbond substituents is 1. The van der Waals surface area contributed by atoms with Crippen LogP contribution in [0.5, 0.6) is 23.0 Å². The van der Waals surface area contributed by atoms with Crippen LogP contribution in [0.4, 0.5) is 0 Å². The molecule has 0 saturated heterocycles. The van der Waals surface area contributed by atoms with Crippen molar-refractivity contribution in [2.75, 3.05) is 28.4 Å². The van der Waals surface area contributed by atoms with Gasteiger partial charge >= 0.3 is 0 Å². The highest BCUT2D eigenvalue weighted by Gasteiger charge is 2.13. The lowest BCUT2D eigenvalue weighted by molar-refractivity contribution is 0.373. The third-order valence-corrected chi connectivity index (χ3v) is 4.99. The topological polar surface area (TPSA) is 77.6 Å². The van der Waals surface area contributed by atoms with E-state index in [9.17, 15) is 5.11 Å². The Morgan fingerprint density at radius 1 is 1.00 bits per heavy atom. The quantitative estimate of drug-likeness (QED) is 0.645. The molecular weight excluding hydrogens is 378 g/mol. The Balaban J connectivity index is 2.07. The minimum Gasteiger partial charge on any atom is -0.504 e. The van der Waals surface area contributed by atoms with Gasteiger partial charge in [-0.1, -0.05) is 0 Å². The number of hydrogen-bond acceptors (Lipinski definition) is 7. The summed E-state index contributed by atoms with van der Waals surface area (Å²) >= 11 is 1.48. The molecule has 0 aliphatic carbocycles. The maximum atomic E-state index is 9.75. The summed E-state index contributed by atoms with van der Waals surface area (Å²) in [6.45, 7) is 0. The first-order valence-corrected chi connectivity index (χ1v) is 9.26. The highest BCUT2D eigenvalue weighted by atomic mass is 32.1. The molecule has 0 atom stereocenters. The maximum absolute atomic E-state index is 9.75. The zero-order valence-electron chi connectivity index (χ0n) is 16.0. The predicted molar refractivity (Wildman–Crippen MR) is 110 cm³/mol. The molecule has 3 rings (SSSR count). The van der Waals surface area contributed by atoms with Crippen LogP contribution in [-0.2, 0) is 0 Å². The minimum absolute atomic E-state index is 0.0794. The Kier molecular flexibility index (Phi) is 6.00. The first-order valence-electron chi connectivity index (χ1n) is 8.38. The van der Waals surface area contributed by atoms with Crippen LogP contribution < -0.4 is 19.0 Å². The number of aromatic hydroxyl groups is 1. The Hall–Kier alpha value is -3.26. The van der Waals surface area contributed by atoms with E-state index in [-0.39, 0.29) is 5.75 Å². The van der Waals surface area contributed by atoms with Gasteiger partial charge in [-0.15, -0.1) is 11.3 Å². The van der Waals surface area contributed by atoms with Crippen molar-refractivity contribution in [2.24, 2.45) is 10.1 Å². The van der Waals surface area contributed by atoms with Gasteiger partial charge in [0.15, 0.2) is 11.5 Å². The van der Waals surface area contributed by atoms with Crippen LogP contribution in [0.3, 0.4) is 0 Å². The monoisotopic (exact) mass is 399 g/mol. The van der Waals surface area contributed by atoms with Gasteiger partial charge in [0, 0.05) is 24.1 Å². The smallest absolute Gasteiger partial charge is 0.205 e. The number of hydrogen-bond donors (Lipinski definition) is 1. The molecule has 3 aromatic rings. The van der Waals surface area contributed by atoms with Gasteiger partial charge in [0.25, 0.3) is 0 Å². The number of nitrogens with zero attached hydrogens (tertiary/aromatic N) is 3. The molecule has 0 aliphatic heterocycles. The summed E-state index contributed by atoms with van der Waals surface area (Å²) in [6, 6.07) is 10.7.